The van der Waals surface area contributed by atoms with E-state index in [9.17, 15) is 18.9 Å². The van der Waals surface area contributed by atoms with Crippen LogP contribution in [0.1, 0.15) is 12.5 Å². The van der Waals surface area contributed by atoms with E-state index in [2.05, 4.69) is 5.32 Å². The fraction of sp³-hybridized carbons (Fsp3) is 0.389. The minimum Gasteiger partial charge on any atom is -0.614 e. The number of carbonyl (C=O) groups excluding carboxylic acids is 3. The molecule has 7 nitrogen and oxygen atoms in total. The molecular weight excluding hydrogens is 463 g/mol. The molecule has 0 aromatic heterocycles. The van der Waals surface area contributed by atoms with Gasteiger partial charge in [0, 0.05) is 0 Å². The molecule has 11 heteroatoms. The molecular formula is C18H17Cl3N2O5S. The molecule has 156 valence electrons. The lowest BCUT2D eigenvalue weighted by Crippen LogP contribution is -2.75. The first-order valence-corrected chi connectivity index (χ1v) is 11.0. The Labute approximate surface area is 185 Å². The predicted molar refractivity (Wildman–Crippen MR) is 110 cm³/mol. The van der Waals surface area contributed by atoms with Gasteiger partial charge < -0.3 is 14.6 Å². The van der Waals surface area contributed by atoms with Crippen molar-refractivity contribution in [3.63, 3.8) is 0 Å². The lowest BCUT2D eigenvalue weighted by Gasteiger charge is -2.49. The molecule has 2 aliphatic heterocycles. The predicted octanol–water partition coefficient (Wildman–Crippen LogP) is 1.83. The van der Waals surface area contributed by atoms with Gasteiger partial charge in [0.05, 0.1) is 6.42 Å². The van der Waals surface area contributed by atoms with Gasteiger partial charge in [-0.2, -0.15) is 0 Å². The second-order valence-electron chi connectivity index (χ2n) is 6.58. The lowest BCUT2D eigenvalue weighted by molar-refractivity contribution is -0.153. The Morgan fingerprint density at radius 3 is 2.55 bits per heavy atom. The van der Waals surface area contributed by atoms with Crippen LogP contribution in [0, 0.1) is 0 Å². The first-order valence-electron chi connectivity index (χ1n) is 8.60. The summed E-state index contributed by atoms with van der Waals surface area (Å²) in [6.45, 7) is 1.14. The van der Waals surface area contributed by atoms with E-state index < -0.39 is 50.1 Å². The molecule has 2 amide bonds. The van der Waals surface area contributed by atoms with Crippen LogP contribution < -0.4 is 5.32 Å². The highest BCUT2D eigenvalue weighted by molar-refractivity contribution is 7.93. The maximum atomic E-state index is 12.7. The van der Waals surface area contributed by atoms with Gasteiger partial charge in [0.25, 0.3) is 5.91 Å². The first kappa shape index (κ1) is 22.2. The molecule has 2 aliphatic rings. The minimum atomic E-state index is -1.80. The van der Waals surface area contributed by atoms with Crippen molar-refractivity contribution in [1.29, 1.82) is 0 Å². The number of rotatable bonds is 5. The molecule has 0 spiro atoms. The summed E-state index contributed by atoms with van der Waals surface area (Å²) >= 11 is 15.2. The number of halogens is 3. The summed E-state index contributed by atoms with van der Waals surface area (Å²) in [5, 5.41) is 1.22. The first-order chi connectivity index (χ1) is 13.6. The maximum Gasteiger partial charge on any atom is 0.355 e. The van der Waals surface area contributed by atoms with Gasteiger partial charge in [0.15, 0.2) is 6.04 Å². The molecule has 3 rings (SSSR count). The smallest absolute Gasteiger partial charge is 0.355 e. The molecule has 2 heterocycles. The average Bonchev–Trinajstić information content (AvgIpc) is 2.66. The minimum absolute atomic E-state index is 0.0742. The quantitative estimate of drug-likeness (QED) is 0.301. The zero-order chi connectivity index (χ0) is 21.3. The molecule has 0 bridgehead atoms. The van der Waals surface area contributed by atoms with Crippen molar-refractivity contribution in [3.8, 4) is 0 Å². The maximum absolute atomic E-state index is 12.7. The lowest BCUT2D eigenvalue weighted by atomic mass is 10.0. The number of amides is 2. The van der Waals surface area contributed by atoms with Gasteiger partial charge in [-0.3, -0.25) is 14.5 Å². The van der Waals surface area contributed by atoms with Crippen molar-refractivity contribution < 1.29 is 23.7 Å². The standard InChI is InChI=1S/C18H17Cl3N2O5S/c1-10-7-12(17(26)28-9-18(19,20)21)23-15(25)14(16(23)29(10)27)22-13(24)8-11-5-3-2-4-6-11/h2-7,10,14,16H,8-9H2,1H3,(H,22,24)/t10?,14?,16-,29?/m1/s1. The van der Waals surface area contributed by atoms with Gasteiger partial charge in [-0.25, -0.2) is 4.79 Å². The largest absolute Gasteiger partial charge is 0.614 e. The van der Waals surface area contributed by atoms with Gasteiger partial charge >= 0.3 is 5.97 Å². The van der Waals surface area contributed by atoms with Crippen LogP contribution in [0.2, 0.25) is 0 Å². The number of hydrogen-bond acceptors (Lipinski definition) is 5. The Hall–Kier alpha value is -1.45. The van der Waals surface area contributed by atoms with Gasteiger partial charge in [0.2, 0.25) is 15.1 Å². The van der Waals surface area contributed by atoms with Gasteiger partial charge in [0.1, 0.15) is 17.6 Å². The molecule has 1 fully saturated rings. The van der Waals surface area contributed by atoms with Gasteiger partial charge in [-0.1, -0.05) is 65.1 Å². The Morgan fingerprint density at radius 2 is 1.93 bits per heavy atom. The van der Waals surface area contributed by atoms with E-state index in [1.165, 1.54) is 6.08 Å². The number of alkyl halides is 3. The van der Waals surface area contributed by atoms with Crippen LogP contribution >= 0.6 is 34.8 Å². The van der Waals surface area contributed by atoms with Crippen LogP contribution in [-0.4, -0.2) is 54.3 Å². The molecule has 1 saturated heterocycles. The van der Waals surface area contributed by atoms with Crippen LogP contribution in [0.15, 0.2) is 42.1 Å². The van der Waals surface area contributed by atoms with Gasteiger partial charge in [-0.15, -0.1) is 0 Å². The number of carbonyl (C=O) groups is 3. The van der Waals surface area contributed by atoms with Crippen molar-refractivity contribution in [2.24, 2.45) is 0 Å². The molecule has 1 aromatic rings. The van der Waals surface area contributed by atoms with Crippen molar-refractivity contribution in [3.05, 3.63) is 47.7 Å². The topological polar surface area (TPSA) is 98.8 Å². The summed E-state index contributed by atoms with van der Waals surface area (Å²) in [4.78, 5) is 38.4. The van der Waals surface area contributed by atoms with E-state index in [0.717, 1.165) is 10.5 Å². The summed E-state index contributed by atoms with van der Waals surface area (Å²) < 4.78 is 15.8. The number of nitrogens with one attached hydrogen (secondary N) is 1. The molecule has 0 radical (unpaired) electrons. The number of nitrogens with zero attached hydrogens (tertiary/aromatic N) is 1. The number of β-lactam (4-membered cyclic amide) rings is 1. The highest BCUT2D eigenvalue weighted by Gasteiger charge is 2.61. The average molecular weight is 480 g/mol. The fourth-order valence-electron chi connectivity index (χ4n) is 3.07. The molecule has 3 unspecified atom stereocenters. The normalized spacial score (nSPS) is 26.2. The molecule has 0 saturated carbocycles. The van der Waals surface area contributed by atoms with Crippen molar-refractivity contribution in [1.82, 2.24) is 10.2 Å². The summed E-state index contributed by atoms with van der Waals surface area (Å²) in [5.74, 6) is -1.80. The Morgan fingerprint density at radius 1 is 1.28 bits per heavy atom. The number of benzene rings is 1. The van der Waals surface area contributed by atoms with E-state index in [1.807, 2.05) is 6.07 Å². The Balaban J connectivity index is 1.69. The third kappa shape index (κ3) is 5.00. The number of esters is 1. The monoisotopic (exact) mass is 478 g/mol. The third-order valence-electron chi connectivity index (χ3n) is 4.40. The fourth-order valence-corrected chi connectivity index (χ4v) is 4.82. The molecule has 0 aliphatic carbocycles. The van der Waals surface area contributed by atoms with Crippen LogP contribution in [0.3, 0.4) is 0 Å². The van der Waals surface area contributed by atoms with Crippen LogP contribution in [-0.2, 0) is 36.7 Å². The van der Waals surface area contributed by atoms with Crippen LogP contribution in [0.25, 0.3) is 0 Å². The van der Waals surface area contributed by atoms with E-state index in [1.54, 1.807) is 31.2 Å². The summed E-state index contributed by atoms with van der Waals surface area (Å²) in [5.41, 5.74) is 0.706. The molecule has 29 heavy (non-hydrogen) atoms. The van der Waals surface area contributed by atoms with Crippen molar-refractivity contribution in [2.75, 3.05) is 6.61 Å². The molecule has 1 N–H and O–H groups in total. The van der Waals surface area contributed by atoms with Crippen molar-refractivity contribution >= 4 is 63.8 Å². The highest BCUT2D eigenvalue weighted by Crippen LogP contribution is 2.37. The van der Waals surface area contributed by atoms with Crippen LogP contribution in [0.5, 0.6) is 0 Å². The Bertz CT molecular complexity index is 846. The van der Waals surface area contributed by atoms with Crippen molar-refractivity contribution in [2.45, 2.75) is 33.8 Å². The molecule has 1 aromatic carbocycles. The van der Waals surface area contributed by atoms with Gasteiger partial charge in [-0.05, 0) is 29.7 Å². The second-order valence-corrected chi connectivity index (χ2v) is 11.0. The number of hydrogen-bond donors (Lipinski definition) is 1. The summed E-state index contributed by atoms with van der Waals surface area (Å²) in [7, 11) is 0. The molecule has 4 atom stereocenters. The second kappa shape index (κ2) is 8.73. The van der Waals surface area contributed by atoms with E-state index >= 15 is 0 Å². The van der Waals surface area contributed by atoms with E-state index in [-0.39, 0.29) is 18.0 Å². The zero-order valence-electron chi connectivity index (χ0n) is 15.1. The third-order valence-corrected chi connectivity index (χ3v) is 6.56. The Kier molecular flexibility index (Phi) is 6.70. The SMILES string of the molecule is CC1C=C(C(=O)OCC(Cl)(Cl)Cl)N2C(=O)C(NC(=O)Cc3ccccc3)[C@H]2[S+]1[O-]. The highest BCUT2D eigenvalue weighted by atomic mass is 35.6. The summed E-state index contributed by atoms with van der Waals surface area (Å²) in [6, 6.07) is 8.02. The van der Waals surface area contributed by atoms with E-state index in [0.29, 0.717) is 0 Å². The van der Waals surface area contributed by atoms with Crippen LogP contribution in [0.4, 0.5) is 0 Å². The summed E-state index contributed by atoms with van der Waals surface area (Å²) in [6.07, 6.45) is 1.46. The number of ether oxygens (including phenoxy) is 1. The zero-order valence-corrected chi connectivity index (χ0v) is 18.2. The van der Waals surface area contributed by atoms with E-state index in [4.69, 9.17) is 39.5 Å². The number of fused-ring (bicyclic) bond motifs is 1.